The second kappa shape index (κ2) is 15.3. The van der Waals surface area contributed by atoms with Gasteiger partial charge in [-0.15, -0.1) is 0 Å². The Morgan fingerprint density at radius 1 is 0.673 bits per heavy atom. The number of piperidine rings is 1. The Hall–Kier alpha value is -4.32. The van der Waals surface area contributed by atoms with Crippen molar-refractivity contribution in [2.24, 2.45) is 5.92 Å². The molecule has 6 unspecified atom stereocenters. The second-order valence-electron chi connectivity index (χ2n) is 14.9. The number of hydrogen-bond donors (Lipinski definition) is 2. The predicted octanol–water partition coefficient (Wildman–Crippen LogP) is 8.45. The van der Waals surface area contributed by atoms with Crippen LogP contribution >= 0.6 is 23.2 Å². The third kappa shape index (κ3) is 7.44. The van der Waals surface area contributed by atoms with Crippen molar-refractivity contribution >= 4 is 40.3 Å². The zero-order valence-corrected chi connectivity index (χ0v) is 31.5. The number of para-hydroxylation sites is 1. The molecule has 8 rings (SSSR count). The number of nitrogens with zero attached hydrogens (tertiary/aromatic N) is 2. The van der Waals surface area contributed by atoms with E-state index >= 15 is 0 Å². The summed E-state index contributed by atoms with van der Waals surface area (Å²) in [7, 11) is 4.44. The molecule has 2 aliphatic heterocycles. The maximum Gasteiger partial charge on any atom is 0.135 e. The maximum atomic E-state index is 6.21. The van der Waals surface area contributed by atoms with Crippen LogP contribution in [-0.4, -0.2) is 38.8 Å². The van der Waals surface area contributed by atoms with Crippen LogP contribution in [0.2, 0.25) is 10.0 Å². The average molecular weight is 728 g/mol. The Labute approximate surface area is 319 Å². The summed E-state index contributed by atoms with van der Waals surface area (Å²) in [6.45, 7) is 2.18. The first kappa shape index (κ1) is 34.7. The lowest BCUT2D eigenvalue weighted by atomic mass is 9.81. The molecule has 264 valence electrons. The van der Waals surface area contributed by atoms with E-state index < -0.39 is 0 Å². The molecule has 2 heterocycles. The van der Waals surface area contributed by atoms with Crippen molar-refractivity contribution in [1.82, 2.24) is 0 Å². The first-order chi connectivity index (χ1) is 25.4. The molecule has 52 heavy (non-hydrogen) atoms. The molecular formula is C46H48Cl2N4+2. The number of quaternary nitrogens is 2. The molecule has 0 aromatic heterocycles. The number of rotatable bonds is 9. The Balaban J connectivity index is 0.907. The van der Waals surface area contributed by atoms with E-state index in [0.717, 1.165) is 42.4 Å². The van der Waals surface area contributed by atoms with Gasteiger partial charge in [-0.05, 0) is 77.4 Å². The molecule has 4 nitrogen and oxygen atoms in total. The zero-order valence-electron chi connectivity index (χ0n) is 30.0. The molecule has 6 atom stereocenters. The molecule has 0 spiro atoms. The number of likely N-dealkylation sites (tertiary alicyclic amines) is 1. The number of fused-ring (bicyclic) bond motifs is 2. The third-order valence-corrected chi connectivity index (χ3v) is 12.3. The fourth-order valence-electron chi connectivity index (χ4n) is 8.90. The van der Waals surface area contributed by atoms with E-state index in [1.165, 1.54) is 44.9 Å². The largest absolute Gasteiger partial charge is 0.371 e. The van der Waals surface area contributed by atoms with E-state index in [-0.39, 0.29) is 0 Å². The van der Waals surface area contributed by atoms with Crippen molar-refractivity contribution in [3.05, 3.63) is 172 Å². The van der Waals surface area contributed by atoms with Gasteiger partial charge in [-0.1, -0.05) is 108 Å². The lowest BCUT2D eigenvalue weighted by Gasteiger charge is -2.45. The number of anilines is 2. The summed E-state index contributed by atoms with van der Waals surface area (Å²) >= 11 is 12.4. The molecule has 3 aliphatic rings. The first-order valence-corrected chi connectivity index (χ1v) is 19.4. The quantitative estimate of drug-likeness (QED) is 0.149. The van der Waals surface area contributed by atoms with Crippen LogP contribution in [0.15, 0.2) is 146 Å². The molecule has 1 saturated heterocycles. The number of allylic oxidation sites excluding steroid dienone is 2. The smallest absolute Gasteiger partial charge is 0.135 e. The van der Waals surface area contributed by atoms with E-state index in [1.54, 1.807) is 4.90 Å². The van der Waals surface area contributed by atoms with Crippen LogP contribution in [0.4, 0.5) is 17.1 Å². The van der Waals surface area contributed by atoms with E-state index in [9.17, 15) is 0 Å². The Morgan fingerprint density at radius 3 is 1.94 bits per heavy atom. The number of benzene rings is 5. The van der Waals surface area contributed by atoms with Gasteiger partial charge >= 0.3 is 0 Å². The van der Waals surface area contributed by atoms with E-state index in [4.69, 9.17) is 23.2 Å². The van der Waals surface area contributed by atoms with Gasteiger partial charge in [0.1, 0.15) is 18.3 Å². The minimum atomic E-state index is 0.311. The Morgan fingerprint density at radius 2 is 1.27 bits per heavy atom. The summed E-state index contributed by atoms with van der Waals surface area (Å²) in [5.74, 6) is 0.475. The van der Waals surface area contributed by atoms with Crippen molar-refractivity contribution < 1.29 is 10.2 Å². The van der Waals surface area contributed by atoms with Gasteiger partial charge in [0.25, 0.3) is 0 Å². The molecule has 0 radical (unpaired) electrons. The van der Waals surface area contributed by atoms with Gasteiger partial charge in [0.2, 0.25) is 0 Å². The first-order valence-electron chi connectivity index (χ1n) is 18.7. The van der Waals surface area contributed by atoms with Crippen LogP contribution in [0, 0.1) is 5.92 Å². The van der Waals surface area contributed by atoms with Gasteiger partial charge in [0.05, 0.1) is 24.5 Å². The number of nitrogens with two attached hydrogens (primary N) is 1. The topological polar surface area (TPSA) is 27.5 Å². The molecule has 6 heteroatoms. The molecule has 0 amide bonds. The van der Waals surface area contributed by atoms with Crippen molar-refractivity contribution in [2.45, 2.75) is 50.0 Å². The van der Waals surface area contributed by atoms with Crippen LogP contribution in [-0.2, 0) is 13.0 Å². The van der Waals surface area contributed by atoms with E-state index in [0.29, 0.717) is 30.1 Å². The Bertz CT molecular complexity index is 2020. The average Bonchev–Trinajstić information content (AvgIpc) is 3.18. The molecule has 5 aromatic carbocycles. The maximum absolute atomic E-state index is 6.21. The highest BCUT2D eigenvalue weighted by Gasteiger charge is 2.41. The molecular weight excluding hydrogens is 679 g/mol. The van der Waals surface area contributed by atoms with Crippen LogP contribution in [0.1, 0.15) is 35.6 Å². The highest BCUT2D eigenvalue weighted by Crippen LogP contribution is 2.36. The zero-order chi connectivity index (χ0) is 35.6. The standard InChI is InChI=1S/C46H46Cl2N4/c1-50(39-23-19-36(47)20-24-39)44-27-28-52(45-10-6-4-8-42(44)45)31-33-13-17-35(18-14-33)34-15-11-32(12-16-34)29-38-30-46(41-7-3-5-9-43(41)49-38)51(2)40-25-21-37(48)22-26-40/h3-26,38,42,44-46,49H,27-31H2,1-2H3/p+2. The minimum absolute atomic E-state index is 0.311. The SMILES string of the molecule is CN(c1ccc(Cl)cc1)C1CC(Cc2ccc(-c3ccc(C[NH+]4CCC(N(C)c5ccc(Cl)cc5)C5C=CC=CC54)cc3)cc2)[NH2+]c2ccccc21. The fraction of sp³-hybridized carbons (Fsp3) is 0.261. The molecule has 0 bridgehead atoms. The highest BCUT2D eigenvalue weighted by molar-refractivity contribution is 6.30. The Kier molecular flexibility index (Phi) is 10.3. The van der Waals surface area contributed by atoms with Gasteiger partial charge < -0.3 is 20.0 Å². The number of nitrogens with one attached hydrogen (secondary N) is 1. The summed E-state index contributed by atoms with van der Waals surface area (Å²) in [6, 6.07) is 45.6. The molecule has 3 N–H and O–H groups in total. The highest BCUT2D eigenvalue weighted by atomic mass is 35.5. The number of hydrogen-bond acceptors (Lipinski definition) is 2. The molecule has 5 aromatic rings. The van der Waals surface area contributed by atoms with Crippen molar-refractivity contribution in [3.8, 4) is 11.1 Å². The second-order valence-corrected chi connectivity index (χ2v) is 15.8. The van der Waals surface area contributed by atoms with Gasteiger partial charge in [0.15, 0.2) is 0 Å². The monoisotopic (exact) mass is 726 g/mol. The lowest BCUT2D eigenvalue weighted by Crippen LogP contribution is -3.16. The molecule has 0 saturated carbocycles. The summed E-state index contributed by atoms with van der Waals surface area (Å²) in [6.07, 6.45) is 12.6. The van der Waals surface area contributed by atoms with Gasteiger partial charge in [0, 0.05) is 71.9 Å². The summed E-state index contributed by atoms with van der Waals surface area (Å²) in [5, 5.41) is 4.04. The van der Waals surface area contributed by atoms with E-state index in [1.807, 2.05) is 24.3 Å². The van der Waals surface area contributed by atoms with Crippen molar-refractivity contribution in [3.63, 3.8) is 0 Å². The van der Waals surface area contributed by atoms with Crippen LogP contribution in [0.5, 0.6) is 0 Å². The van der Waals surface area contributed by atoms with Crippen LogP contribution < -0.4 is 20.0 Å². The minimum Gasteiger partial charge on any atom is -0.371 e. The van der Waals surface area contributed by atoms with Gasteiger partial charge in [-0.3, -0.25) is 0 Å². The number of halogens is 2. The van der Waals surface area contributed by atoms with Crippen molar-refractivity contribution in [1.29, 1.82) is 0 Å². The van der Waals surface area contributed by atoms with Gasteiger partial charge in [-0.2, -0.15) is 0 Å². The summed E-state index contributed by atoms with van der Waals surface area (Å²) in [5.41, 5.74) is 10.5. The third-order valence-electron chi connectivity index (χ3n) is 11.8. The predicted molar refractivity (Wildman–Crippen MR) is 218 cm³/mol. The van der Waals surface area contributed by atoms with Crippen molar-refractivity contribution in [2.75, 3.05) is 30.4 Å². The molecule has 1 aliphatic carbocycles. The van der Waals surface area contributed by atoms with Gasteiger partial charge in [-0.25, -0.2) is 0 Å². The lowest BCUT2D eigenvalue weighted by molar-refractivity contribution is -0.940. The van der Waals surface area contributed by atoms with Crippen LogP contribution in [0.3, 0.4) is 0 Å². The van der Waals surface area contributed by atoms with Crippen LogP contribution in [0.25, 0.3) is 11.1 Å². The summed E-state index contributed by atoms with van der Waals surface area (Å²) in [4.78, 5) is 6.51. The van der Waals surface area contributed by atoms with E-state index in [2.05, 4.69) is 151 Å². The summed E-state index contributed by atoms with van der Waals surface area (Å²) < 4.78 is 0. The fourth-order valence-corrected chi connectivity index (χ4v) is 9.15. The molecule has 1 fully saturated rings. The normalized spacial score (nSPS) is 23.5.